The molecule has 0 aliphatic carbocycles. The number of aryl methyl sites for hydroxylation is 3. The van der Waals surface area contributed by atoms with E-state index in [1.807, 2.05) is 48.8 Å². The van der Waals surface area contributed by atoms with Gasteiger partial charge in [0.2, 0.25) is 0 Å². The second kappa shape index (κ2) is 14.1. The highest BCUT2D eigenvalue weighted by atomic mass is 16.5. The number of ether oxygens (including phenoxy) is 1. The second-order valence-corrected chi connectivity index (χ2v) is 10.2. The molecule has 0 atom stereocenters. The first kappa shape index (κ1) is 28.5. The summed E-state index contributed by atoms with van der Waals surface area (Å²) in [5.41, 5.74) is 10.1. The number of pyridine rings is 2. The predicted octanol–water partition coefficient (Wildman–Crippen LogP) is 9.24. The van der Waals surface area contributed by atoms with Gasteiger partial charge in [-0.25, -0.2) is 0 Å². The summed E-state index contributed by atoms with van der Waals surface area (Å²) in [6.45, 7) is 9.25. The van der Waals surface area contributed by atoms with Crippen LogP contribution in [0.1, 0.15) is 77.4 Å². The van der Waals surface area contributed by atoms with Crippen molar-refractivity contribution in [2.24, 2.45) is 0 Å². The Balaban J connectivity index is 1.41. The van der Waals surface area contributed by atoms with Crippen LogP contribution >= 0.6 is 0 Å². The van der Waals surface area contributed by atoms with E-state index in [1.165, 1.54) is 19.3 Å². The van der Waals surface area contributed by atoms with Crippen molar-refractivity contribution in [2.75, 3.05) is 6.61 Å². The van der Waals surface area contributed by atoms with Crippen molar-refractivity contribution in [1.29, 1.82) is 5.26 Å². The summed E-state index contributed by atoms with van der Waals surface area (Å²) in [4.78, 5) is 9.43. The highest BCUT2D eigenvalue weighted by molar-refractivity contribution is 5.74. The standard InChI is InChI=1S/C36H37N3O/c1-5-6-7-8-19-40-36-18-15-30(20-28(36)4)14-17-35-27(3)22-33(25-39-35)32-21-26(2)34(38-24-32)16-13-29-9-11-31(23-37)12-10-29/h9-18,20-22,24-25H,5-8,19H2,1-4H3/b16-13+,17-14+. The minimum absolute atomic E-state index is 0.656. The largest absolute Gasteiger partial charge is 0.493 e. The molecule has 0 saturated heterocycles. The molecular weight excluding hydrogens is 490 g/mol. The first-order chi connectivity index (χ1) is 19.5. The number of hydrogen-bond donors (Lipinski definition) is 0. The summed E-state index contributed by atoms with van der Waals surface area (Å²) in [6, 6.07) is 20.3. The molecule has 4 rings (SSSR count). The van der Waals surface area contributed by atoms with Crippen molar-refractivity contribution in [3.8, 4) is 22.9 Å². The lowest BCUT2D eigenvalue weighted by Crippen LogP contribution is -1.99. The predicted molar refractivity (Wildman–Crippen MR) is 167 cm³/mol. The highest BCUT2D eigenvalue weighted by Gasteiger charge is 2.06. The van der Waals surface area contributed by atoms with E-state index in [0.717, 1.165) is 69.1 Å². The molecule has 0 amide bonds. The highest BCUT2D eigenvalue weighted by Crippen LogP contribution is 2.25. The Kier molecular flexibility index (Phi) is 10.0. The summed E-state index contributed by atoms with van der Waals surface area (Å²) in [6.07, 6.45) is 16.8. The molecule has 0 unspecified atom stereocenters. The van der Waals surface area contributed by atoms with Crippen LogP contribution in [0.3, 0.4) is 0 Å². The third-order valence-electron chi connectivity index (χ3n) is 6.93. The molecule has 2 heterocycles. The maximum Gasteiger partial charge on any atom is 0.122 e. The van der Waals surface area contributed by atoms with Crippen molar-refractivity contribution >= 4 is 24.3 Å². The molecule has 40 heavy (non-hydrogen) atoms. The Morgan fingerprint density at radius 2 is 1.30 bits per heavy atom. The lowest BCUT2D eigenvalue weighted by atomic mass is 10.0. The molecule has 0 aliphatic rings. The SMILES string of the molecule is CCCCCCOc1ccc(/C=C/c2ncc(-c3cnc(/C=C/c4ccc(C#N)cc4)c(C)c3)cc2C)cc1C. The third-order valence-corrected chi connectivity index (χ3v) is 6.93. The van der Waals surface area contributed by atoms with Crippen LogP contribution in [0.4, 0.5) is 0 Å². The molecule has 0 spiro atoms. The fourth-order valence-corrected chi connectivity index (χ4v) is 4.50. The molecule has 202 valence electrons. The molecule has 0 aliphatic heterocycles. The Bertz CT molecular complexity index is 1540. The second-order valence-electron chi connectivity index (χ2n) is 10.2. The van der Waals surface area contributed by atoms with Gasteiger partial charge in [0.25, 0.3) is 0 Å². The van der Waals surface area contributed by atoms with E-state index in [-0.39, 0.29) is 0 Å². The van der Waals surface area contributed by atoms with E-state index >= 15 is 0 Å². The first-order valence-corrected chi connectivity index (χ1v) is 14.0. The van der Waals surface area contributed by atoms with Gasteiger partial charge in [-0.3, -0.25) is 9.97 Å². The lowest BCUT2D eigenvalue weighted by molar-refractivity contribution is 0.303. The van der Waals surface area contributed by atoms with Crippen LogP contribution in [-0.2, 0) is 0 Å². The third kappa shape index (κ3) is 7.77. The summed E-state index contributed by atoms with van der Waals surface area (Å²) in [5, 5.41) is 8.97. The summed E-state index contributed by atoms with van der Waals surface area (Å²) >= 11 is 0. The van der Waals surface area contributed by atoms with Crippen molar-refractivity contribution in [2.45, 2.75) is 53.4 Å². The van der Waals surface area contributed by atoms with Crippen LogP contribution in [0.15, 0.2) is 67.0 Å². The maximum atomic E-state index is 8.97. The fourth-order valence-electron chi connectivity index (χ4n) is 4.50. The molecule has 2 aromatic heterocycles. The quantitative estimate of drug-likeness (QED) is 0.182. The van der Waals surface area contributed by atoms with Gasteiger partial charge >= 0.3 is 0 Å². The molecule has 0 radical (unpaired) electrons. The van der Waals surface area contributed by atoms with Gasteiger partial charge in [0, 0.05) is 23.5 Å². The molecule has 4 nitrogen and oxygen atoms in total. The van der Waals surface area contributed by atoms with E-state index < -0.39 is 0 Å². The average Bonchev–Trinajstić information content (AvgIpc) is 2.97. The molecule has 0 fully saturated rings. The molecule has 0 N–H and O–H groups in total. The fraction of sp³-hybridized carbons (Fsp3) is 0.250. The van der Waals surface area contributed by atoms with Crippen molar-refractivity contribution in [3.63, 3.8) is 0 Å². The molecule has 2 aromatic carbocycles. The van der Waals surface area contributed by atoms with Gasteiger partial charge < -0.3 is 4.74 Å². The van der Waals surface area contributed by atoms with Gasteiger partial charge in [0.05, 0.1) is 29.6 Å². The summed E-state index contributed by atoms with van der Waals surface area (Å²) < 4.78 is 5.98. The zero-order valence-corrected chi connectivity index (χ0v) is 23.9. The smallest absolute Gasteiger partial charge is 0.122 e. The van der Waals surface area contributed by atoms with Crippen LogP contribution in [0.25, 0.3) is 35.4 Å². The van der Waals surface area contributed by atoms with E-state index in [2.05, 4.69) is 81.2 Å². The maximum absolute atomic E-state index is 8.97. The number of nitriles is 1. The van der Waals surface area contributed by atoms with Gasteiger partial charge in [-0.2, -0.15) is 5.26 Å². The number of aromatic nitrogens is 2. The van der Waals surface area contributed by atoms with Crippen LogP contribution < -0.4 is 4.74 Å². The van der Waals surface area contributed by atoms with Crippen LogP contribution in [-0.4, -0.2) is 16.6 Å². The topological polar surface area (TPSA) is 58.8 Å². The van der Waals surface area contributed by atoms with Gasteiger partial charge in [-0.1, -0.05) is 56.5 Å². The molecule has 0 saturated carbocycles. The number of hydrogen-bond acceptors (Lipinski definition) is 4. The Labute approximate surface area is 238 Å². The van der Waals surface area contributed by atoms with Crippen molar-refractivity contribution in [1.82, 2.24) is 9.97 Å². The summed E-state index contributed by atoms with van der Waals surface area (Å²) in [5.74, 6) is 0.965. The van der Waals surface area contributed by atoms with Crippen LogP contribution in [0.5, 0.6) is 5.75 Å². The number of rotatable bonds is 11. The van der Waals surface area contributed by atoms with E-state index in [4.69, 9.17) is 15.0 Å². The van der Waals surface area contributed by atoms with Crippen molar-refractivity contribution in [3.05, 3.63) is 112 Å². The normalized spacial score (nSPS) is 11.3. The van der Waals surface area contributed by atoms with Gasteiger partial charge in [0.1, 0.15) is 5.75 Å². The minimum atomic E-state index is 0.656. The zero-order chi connectivity index (χ0) is 28.3. The molecule has 4 heteroatoms. The van der Waals surface area contributed by atoms with Gasteiger partial charge in [0.15, 0.2) is 0 Å². The van der Waals surface area contributed by atoms with Gasteiger partial charge in [-0.05, 0) is 104 Å². The van der Waals surface area contributed by atoms with Crippen molar-refractivity contribution < 1.29 is 4.74 Å². The number of unbranched alkanes of at least 4 members (excludes halogenated alkanes) is 3. The number of nitrogens with zero attached hydrogens (tertiary/aromatic N) is 3. The average molecular weight is 528 g/mol. The molecular formula is C36H37N3O. The van der Waals surface area contributed by atoms with Crippen LogP contribution in [0, 0.1) is 32.1 Å². The zero-order valence-electron chi connectivity index (χ0n) is 23.9. The van der Waals surface area contributed by atoms with E-state index in [9.17, 15) is 0 Å². The van der Waals surface area contributed by atoms with E-state index in [1.54, 1.807) is 0 Å². The first-order valence-electron chi connectivity index (χ1n) is 14.0. The van der Waals surface area contributed by atoms with E-state index in [0.29, 0.717) is 5.56 Å². The van der Waals surface area contributed by atoms with Crippen LogP contribution in [0.2, 0.25) is 0 Å². The lowest BCUT2D eigenvalue weighted by Gasteiger charge is -2.10. The monoisotopic (exact) mass is 527 g/mol. The molecule has 0 bridgehead atoms. The Morgan fingerprint density at radius 3 is 1.85 bits per heavy atom. The minimum Gasteiger partial charge on any atom is -0.493 e. The Hall–Kier alpha value is -4.49. The number of benzene rings is 2. The molecule has 4 aromatic rings. The van der Waals surface area contributed by atoms with Gasteiger partial charge in [-0.15, -0.1) is 0 Å². The Morgan fingerprint density at radius 1 is 0.700 bits per heavy atom. The summed E-state index contributed by atoms with van der Waals surface area (Å²) in [7, 11) is 0.